The molecule has 0 heterocycles. The van der Waals surface area contributed by atoms with Crippen LogP contribution in [0.5, 0.6) is 11.5 Å². The Balaban J connectivity index is 1.50. The molecule has 3 rings (SSSR count). The van der Waals surface area contributed by atoms with Gasteiger partial charge in [-0.05, 0) is 49.2 Å². The Bertz CT molecular complexity index is 592. The largest absolute Gasteiger partial charge is 0.457 e. The second-order valence-electron chi connectivity index (χ2n) is 5.13. The summed E-state index contributed by atoms with van der Waals surface area (Å²) < 4.78 is 5.71. The van der Waals surface area contributed by atoms with Crippen LogP contribution in [0.15, 0.2) is 54.6 Å². The topological polar surface area (TPSA) is 50.4 Å². The summed E-state index contributed by atoms with van der Waals surface area (Å²) in [7, 11) is 0. The van der Waals surface area contributed by atoms with E-state index < -0.39 is 0 Å². The first-order valence-corrected chi connectivity index (χ1v) is 7.16. The normalized spacial score (nSPS) is 13.5. The molecule has 1 aliphatic rings. The monoisotopic (exact) mass is 282 g/mol. The third-order valence-corrected chi connectivity index (χ3v) is 3.23. The van der Waals surface area contributed by atoms with Gasteiger partial charge in [0, 0.05) is 11.7 Å². The Kier molecular flexibility index (Phi) is 4.05. The maximum Gasteiger partial charge on any atom is 0.239 e. The maximum atomic E-state index is 11.6. The van der Waals surface area contributed by atoms with E-state index in [4.69, 9.17) is 4.74 Å². The lowest BCUT2D eigenvalue weighted by atomic mass is 10.3. The van der Waals surface area contributed by atoms with Crippen molar-refractivity contribution in [2.75, 3.05) is 11.9 Å². The maximum absolute atomic E-state index is 11.6. The van der Waals surface area contributed by atoms with Crippen LogP contribution >= 0.6 is 0 Å². The molecular weight excluding hydrogens is 264 g/mol. The first kappa shape index (κ1) is 13.5. The number of carbonyl (C=O) groups excluding carboxylic acids is 1. The second kappa shape index (κ2) is 6.31. The van der Waals surface area contributed by atoms with Crippen LogP contribution in [0.2, 0.25) is 0 Å². The standard InChI is InChI=1S/C17H18N2O2/c20-17(19-14-6-7-14)12-18-13-8-10-16(11-9-13)21-15-4-2-1-3-5-15/h1-5,8-11,14,18H,6-7,12H2,(H,19,20). The quantitative estimate of drug-likeness (QED) is 0.855. The zero-order chi connectivity index (χ0) is 14.5. The van der Waals surface area contributed by atoms with E-state index >= 15 is 0 Å². The molecule has 0 bridgehead atoms. The van der Waals surface area contributed by atoms with Gasteiger partial charge in [0.05, 0.1) is 6.54 Å². The molecule has 0 unspecified atom stereocenters. The number of para-hydroxylation sites is 1. The number of benzene rings is 2. The molecule has 0 spiro atoms. The van der Waals surface area contributed by atoms with Gasteiger partial charge in [0.1, 0.15) is 11.5 Å². The molecule has 21 heavy (non-hydrogen) atoms. The molecule has 0 radical (unpaired) electrons. The minimum absolute atomic E-state index is 0.0436. The van der Waals surface area contributed by atoms with E-state index in [2.05, 4.69) is 10.6 Å². The summed E-state index contributed by atoms with van der Waals surface area (Å²) in [6, 6.07) is 17.6. The number of anilines is 1. The smallest absolute Gasteiger partial charge is 0.239 e. The van der Waals surface area contributed by atoms with Crippen molar-refractivity contribution in [1.29, 1.82) is 0 Å². The summed E-state index contributed by atoms with van der Waals surface area (Å²) in [4.78, 5) is 11.6. The van der Waals surface area contributed by atoms with Gasteiger partial charge in [-0.25, -0.2) is 0 Å². The van der Waals surface area contributed by atoms with E-state index in [0.29, 0.717) is 12.6 Å². The predicted molar refractivity (Wildman–Crippen MR) is 82.6 cm³/mol. The third kappa shape index (κ3) is 4.24. The van der Waals surface area contributed by atoms with Gasteiger partial charge in [-0.3, -0.25) is 4.79 Å². The molecule has 1 saturated carbocycles. The summed E-state index contributed by atoms with van der Waals surface area (Å²) in [5, 5.41) is 6.04. The van der Waals surface area contributed by atoms with Gasteiger partial charge in [-0.2, -0.15) is 0 Å². The second-order valence-corrected chi connectivity index (χ2v) is 5.13. The van der Waals surface area contributed by atoms with Gasteiger partial charge in [-0.1, -0.05) is 18.2 Å². The Morgan fingerprint density at radius 3 is 2.33 bits per heavy atom. The lowest BCUT2D eigenvalue weighted by Crippen LogP contribution is -2.31. The predicted octanol–water partition coefficient (Wildman–Crippen LogP) is 3.17. The molecule has 108 valence electrons. The number of carbonyl (C=O) groups is 1. The third-order valence-electron chi connectivity index (χ3n) is 3.23. The van der Waals surface area contributed by atoms with Crippen molar-refractivity contribution in [3.63, 3.8) is 0 Å². The van der Waals surface area contributed by atoms with Crippen LogP contribution in [0.4, 0.5) is 5.69 Å². The Hall–Kier alpha value is -2.49. The van der Waals surface area contributed by atoms with Gasteiger partial charge in [-0.15, -0.1) is 0 Å². The van der Waals surface area contributed by atoms with Crippen molar-refractivity contribution in [3.05, 3.63) is 54.6 Å². The van der Waals surface area contributed by atoms with Crippen LogP contribution in [-0.4, -0.2) is 18.5 Å². The Morgan fingerprint density at radius 1 is 1.00 bits per heavy atom. The molecule has 4 nitrogen and oxygen atoms in total. The summed E-state index contributed by atoms with van der Waals surface area (Å²) >= 11 is 0. The number of nitrogens with one attached hydrogen (secondary N) is 2. The number of amides is 1. The van der Waals surface area contributed by atoms with E-state index in [1.807, 2.05) is 54.6 Å². The average molecular weight is 282 g/mol. The van der Waals surface area contributed by atoms with Crippen molar-refractivity contribution < 1.29 is 9.53 Å². The zero-order valence-corrected chi connectivity index (χ0v) is 11.7. The molecule has 1 aliphatic carbocycles. The van der Waals surface area contributed by atoms with Gasteiger partial charge >= 0.3 is 0 Å². The van der Waals surface area contributed by atoms with Crippen LogP contribution in [0.25, 0.3) is 0 Å². The molecule has 0 aliphatic heterocycles. The SMILES string of the molecule is O=C(CNc1ccc(Oc2ccccc2)cc1)NC1CC1. The van der Waals surface area contributed by atoms with Crippen LogP contribution in [0.1, 0.15) is 12.8 Å². The Labute approximate surface area is 124 Å². The molecular formula is C17H18N2O2. The van der Waals surface area contributed by atoms with Gasteiger partial charge < -0.3 is 15.4 Å². The fraction of sp³-hybridized carbons (Fsp3) is 0.235. The molecule has 1 amide bonds. The highest BCUT2D eigenvalue weighted by Gasteiger charge is 2.22. The molecule has 0 atom stereocenters. The van der Waals surface area contributed by atoms with E-state index in [0.717, 1.165) is 30.0 Å². The highest BCUT2D eigenvalue weighted by molar-refractivity contribution is 5.81. The van der Waals surface area contributed by atoms with E-state index in [1.54, 1.807) is 0 Å². The summed E-state index contributed by atoms with van der Waals surface area (Å²) in [6.45, 7) is 0.301. The average Bonchev–Trinajstić information content (AvgIpc) is 3.32. The molecule has 2 aromatic rings. The summed E-state index contributed by atoms with van der Waals surface area (Å²) in [6.07, 6.45) is 2.22. The van der Waals surface area contributed by atoms with Crippen molar-refractivity contribution in [2.45, 2.75) is 18.9 Å². The highest BCUT2D eigenvalue weighted by Crippen LogP contribution is 2.22. The Morgan fingerprint density at radius 2 is 1.67 bits per heavy atom. The highest BCUT2D eigenvalue weighted by atomic mass is 16.5. The molecule has 0 saturated heterocycles. The first-order valence-electron chi connectivity index (χ1n) is 7.16. The van der Waals surface area contributed by atoms with Gasteiger partial charge in [0.2, 0.25) is 5.91 Å². The van der Waals surface area contributed by atoms with Crippen molar-refractivity contribution >= 4 is 11.6 Å². The van der Waals surface area contributed by atoms with Crippen molar-refractivity contribution in [2.24, 2.45) is 0 Å². The van der Waals surface area contributed by atoms with Crippen LogP contribution in [-0.2, 0) is 4.79 Å². The zero-order valence-electron chi connectivity index (χ0n) is 11.7. The van der Waals surface area contributed by atoms with E-state index in [9.17, 15) is 4.79 Å². The molecule has 2 aromatic carbocycles. The fourth-order valence-corrected chi connectivity index (χ4v) is 1.95. The number of ether oxygens (including phenoxy) is 1. The van der Waals surface area contributed by atoms with Crippen molar-refractivity contribution in [1.82, 2.24) is 5.32 Å². The van der Waals surface area contributed by atoms with Crippen molar-refractivity contribution in [3.8, 4) is 11.5 Å². The lowest BCUT2D eigenvalue weighted by molar-refractivity contribution is -0.119. The van der Waals surface area contributed by atoms with Crippen LogP contribution < -0.4 is 15.4 Å². The van der Waals surface area contributed by atoms with E-state index in [1.165, 1.54) is 0 Å². The molecule has 1 fully saturated rings. The van der Waals surface area contributed by atoms with Crippen LogP contribution in [0.3, 0.4) is 0 Å². The summed E-state index contributed by atoms with van der Waals surface area (Å²) in [5.41, 5.74) is 0.904. The minimum Gasteiger partial charge on any atom is -0.457 e. The van der Waals surface area contributed by atoms with E-state index in [-0.39, 0.29) is 5.91 Å². The lowest BCUT2D eigenvalue weighted by Gasteiger charge is -2.09. The minimum atomic E-state index is 0.0436. The number of hydrogen-bond donors (Lipinski definition) is 2. The number of rotatable bonds is 6. The fourth-order valence-electron chi connectivity index (χ4n) is 1.95. The van der Waals surface area contributed by atoms with Gasteiger partial charge in [0.15, 0.2) is 0 Å². The van der Waals surface area contributed by atoms with Crippen LogP contribution in [0, 0.1) is 0 Å². The molecule has 0 aromatic heterocycles. The first-order chi connectivity index (χ1) is 10.3. The number of hydrogen-bond acceptors (Lipinski definition) is 3. The molecule has 4 heteroatoms. The van der Waals surface area contributed by atoms with Gasteiger partial charge in [0.25, 0.3) is 0 Å². The summed E-state index contributed by atoms with van der Waals surface area (Å²) in [5.74, 6) is 1.62. The molecule has 2 N–H and O–H groups in total.